The second kappa shape index (κ2) is 7.20. The molecule has 0 N–H and O–H groups in total. The Kier molecular flexibility index (Phi) is 5.05. The molecule has 2 fully saturated rings. The zero-order valence-electron chi connectivity index (χ0n) is 13.4. The minimum atomic E-state index is 0.320. The van der Waals surface area contributed by atoms with Crippen LogP contribution in [0.3, 0.4) is 0 Å². The molecule has 1 amide bonds. The summed E-state index contributed by atoms with van der Waals surface area (Å²) in [4.78, 5) is 23.1. The molecule has 0 saturated carbocycles. The molecule has 0 aliphatic carbocycles. The SMILES string of the molecule is CN1CCN(C(=O)CCN2CCC(c3ccncc3)C2)CC1. The first-order valence-corrected chi connectivity index (χ1v) is 8.31. The van der Waals surface area contributed by atoms with Crippen LogP contribution in [0.2, 0.25) is 0 Å². The summed E-state index contributed by atoms with van der Waals surface area (Å²) < 4.78 is 0. The average Bonchev–Trinajstić information content (AvgIpc) is 3.03. The van der Waals surface area contributed by atoms with Crippen LogP contribution in [0.25, 0.3) is 0 Å². The highest BCUT2D eigenvalue weighted by molar-refractivity contribution is 5.76. The summed E-state index contributed by atoms with van der Waals surface area (Å²) in [5, 5.41) is 0. The summed E-state index contributed by atoms with van der Waals surface area (Å²) in [7, 11) is 2.12. The summed E-state index contributed by atoms with van der Waals surface area (Å²) in [6, 6.07) is 4.23. The number of piperazine rings is 1. The van der Waals surface area contributed by atoms with Gasteiger partial charge in [-0.25, -0.2) is 0 Å². The predicted octanol–water partition coefficient (Wildman–Crippen LogP) is 1.03. The number of hydrogen-bond donors (Lipinski definition) is 0. The minimum Gasteiger partial charge on any atom is -0.340 e. The van der Waals surface area contributed by atoms with Crippen molar-refractivity contribution < 1.29 is 4.79 Å². The lowest BCUT2D eigenvalue weighted by molar-refractivity contribution is -0.133. The van der Waals surface area contributed by atoms with Gasteiger partial charge in [0.15, 0.2) is 0 Å². The molecule has 1 aromatic rings. The zero-order valence-corrected chi connectivity index (χ0v) is 13.4. The van der Waals surface area contributed by atoms with Crippen LogP contribution >= 0.6 is 0 Å². The maximum atomic E-state index is 12.3. The number of hydrogen-bond acceptors (Lipinski definition) is 4. The predicted molar refractivity (Wildman–Crippen MR) is 86.7 cm³/mol. The van der Waals surface area contributed by atoms with Gasteiger partial charge in [-0.15, -0.1) is 0 Å². The van der Waals surface area contributed by atoms with Crippen LogP contribution in [0.5, 0.6) is 0 Å². The zero-order chi connectivity index (χ0) is 15.4. The third kappa shape index (κ3) is 3.84. The van der Waals surface area contributed by atoms with E-state index in [0.29, 0.717) is 18.2 Å². The summed E-state index contributed by atoms with van der Waals surface area (Å²) >= 11 is 0. The number of aromatic nitrogens is 1. The van der Waals surface area contributed by atoms with Crippen LogP contribution in [-0.4, -0.2) is 78.5 Å². The Morgan fingerprint density at radius 1 is 1.18 bits per heavy atom. The van der Waals surface area contributed by atoms with Gasteiger partial charge in [0.1, 0.15) is 0 Å². The summed E-state index contributed by atoms with van der Waals surface area (Å²) in [6.45, 7) is 6.83. The molecule has 5 nitrogen and oxygen atoms in total. The number of likely N-dealkylation sites (tertiary alicyclic amines) is 1. The van der Waals surface area contributed by atoms with Crippen molar-refractivity contribution in [1.82, 2.24) is 19.7 Å². The first kappa shape index (κ1) is 15.4. The van der Waals surface area contributed by atoms with E-state index in [2.05, 4.69) is 34.0 Å². The molecule has 22 heavy (non-hydrogen) atoms. The Bertz CT molecular complexity index is 485. The van der Waals surface area contributed by atoms with Crippen molar-refractivity contribution in [3.63, 3.8) is 0 Å². The van der Waals surface area contributed by atoms with Crippen molar-refractivity contribution in [2.75, 3.05) is 52.9 Å². The number of amides is 1. The molecule has 2 aliphatic heterocycles. The molecule has 2 aliphatic rings. The molecule has 2 saturated heterocycles. The van der Waals surface area contributed by atoms with E-state index in [4.69, 9.17) is 0 Å². The molecule has 0 bridgehead atoms. The molecular weight excluding hydrogens is 276 g/mol. The molecule has 1 aromatic heterocycles. The Balaban J connectivity index is 1.42. The Morgan fingerprint density at radius 2 is 1.91 bits per heavy atom. The maximum absolute atomic E-state index is 12.3. The fraction of sp³-hybridized carbons (Fsp3) is 0.647. The van der Waals surface area contributed by atoms with E-state index < -0.39 is 0 Å². The van der Waals surface area contributed by atoms with Crippen LogP contribution in [0.1, 0.15) is 24.3 Å². The number of carbonyl (C=O) groups is 1. The highest BCUT2D eigenvalue weighted by Crippen LogP contribution is 2.26. The summed E-state index contributed by atoms with van der Waals surface area (Å²) in [5.74, 6) is 0.919. The van der Waals surface area contributed by atoms with Gasteiger partial charge in [0.25, 0.3) is 0 Å². The van der Waals surface area contributed by atoms with E-state index in [1.165, 1.54) is 12.0 Å². The summed E-state index contributed by atoms with van der Waals surface area (Å²) in [6.07, 6.45) is 5.59. The minimum absolute atomic E-state index is 0.320. The molecule has 0 spiro atoms. The van der Waals surface area contributed by atoms with Crippen molar-refractivity contribution in [2.45, 2.75) is 18.8 Å². The van der Waals surface area contributed by atoms with Crippen LogP contribution in [0.4, 0.5) is 0 Å². The monoisotopic (exact) mass is 302 g/mol. The van der Waals surface area contributed by atoms with Crippen molar-refractivity contribution in [3.8, 4) is 0 Å². The number of nitrogens with zero attached hydrogens (tertiary/aromatic N) is 4. The smallest absolute Gasteiger partial charge is 0.223 e. The van der Waals surface area contributed by atoms with Gasteiger partial charge in [-0.1, -0.05) is 0 Å². The number of rotatable bonds is 4. The van der Waals surface area contributed by atoms with Crippen molar-refractivity contribution >= 4 is 5.91 Å². The molecule has 0 radical (unpaired) electrons. The quantitative estimate of drug-likeness (QED) is 0.833. The lowest BCUT2D eigenvalue weighted by Crippen LogP contribution is -2.47. The highest BCUT2D eigenvalue weighted by Gasteiger charge is 2.25. The molecular formula is C17H26N4O. The molecule has 1 atom stereocenters. The van der Waals surface area contributed by atoms with Gasteiger partial charge in [0, 0.05) is 58.1 Å². The molecule has 3 heterocycles. The topological polar surface area (TPSA) is 39.7 Å². The van der Waals surface area contributed by atoms with Gasteiger partial charge in [0.05, 0.1) is 0 Å². The van der Waals surface area contributed by atoms with Crippen molar-refractivity contribution in [1.29, 1.82) is 0 Å². The van der Waals surface area contributed by atoms with Gasteiger partial charge in [0.2, 0.25) is 5.91 Å². The highest BCUT2D eigenvalue weighted by atomic mass is 16.2. The maximum Gasteiger partial charge on any atom is 0.223 e. The van der Waals surface area contributed by atoms with E-state index >= 15 is 0 Å². The van der Waals surface area contributed by atoms with E-state index in [0.717, 1.165) is 45.8 Å². The molecule has 0 aromatic carbocycles. The van der Waals surface area contributed by atoms with Crippen LogP contribution in [0.15, 0.2) is 24.5 Å². The van der Waals surface area contributed by atoms with E-state index in [-0.39, 0.29) is 0 Å². The summed E-state index contributed by atoms with van der Waals surface area (Å²) in [5.41, 5.74) is 1.38. The Morgan fingerprint density at radius 3 is 2.64 bits per heavy atom. The second-order valence-electron chi connectivity index (χ2n) is 6.50. The number of likely N-dealkylation sites (N-methyl/N-ethyl adjacent to an activating group) is 1. The third-order valence-electron chi connectivity index (χ3n) is 4.95. The van der Waals surface area contributed by atoms with Gasteiger partial charge >= 0.3 is 0 Å². The van der Waals surface area contributed by atoms with Crippen LogP contribution in [-0.2, 0) is 4.79 Å². The third-order valence-corrected chi connectivity index (χ3v) is 4.95. The number of pyridine rings is 1. The van der Waals surface area contributed by atoms with E-state index in [1.54, 1.807) is 0 Å². The molecule has 120 valence electrons. The first-order valence-electron chi connectivity index (χ1n) is 8.31. The van der Waals surface area contributed by atoms with Crippen molar-refractivity contribution in [2.24, 2.45) is 0 Å². The fourth-order valence-corrected chi connectivity index (χ4v) is 3.41. The van der Waals surface area contributed by atoms with Crippen LogP contribution < -0.4 is 0 Å². The normalized spacial score (nSPS) is 23.9. The van der Waals surface area contributed by atoms with Gasteiger partial charge in [-0.05, 0) is 43.6 Å². The standard InChI is InChI=1S/C17H26N4O/c1-19-10-12-21(13-11-19)17(22)5-9-20-8-4-16(14-20)15-2-6-18-7-3-15/h2-3,6-7,16H,4-5,8-14H2,1H3. The van der Waals surface area contributed by atoms with E-state index in [1.807, 2.05) is 17.3 Å². The van der Waals surface area contributed by atoms with Gasteiger partial charge in [-0.2, -0.15) is 0 Å². The van der Waals surface area contributed by atoms with Gasteiger partial charge in [-0.3, -0.25) is 9.78 Å². The number of carbonyl (C=O) groups excluding carboxylic acids is 1. The second-order valence-corrected chi connectivity index (χ2v) is 6.50. The average molecular weight is 302 g/mol. The fourth-order valence-electron chi connectivity index (χ4n) is 3.41. The molecule has 3 rings (SSSR count). The van der Waals surface area contributed by atoms with Crippen LogP contribution in [0, 0.1) is 0 Å². The van der Waals surface area contributed by atoms with Gasteiger partial charge < -0.3 is 14.7 Å². The largest absolute Gasteiger partial charge is 0.340 e. The molecule has 1 unspecified atom stereocenters. The lowest BCUT2D eigenvalue weighted by atomic mass is 10.00. The first-order chi connectivity index (χ1) is 10.7. The Hall–Kier alpha value is -1.46. The van der Waals surface area contributed by atoms with Crippen molar-refractivity contribution in [3.05, 3.63) is 30.1 Å². The molecule has 5 heteroatoms. The van der Waals surface area contributed by atoms with E-state index in [9.17, 15) is 4.79 Å². The lowest BCUT2D eigenvalue weighted by Gasteiger charge is -2.32. The Labute approximate surface area is 132 Å².